The van der Waals surface area contributed by atoms with E-state index in [0.717, 1.165) is 43.1 Å². The molecule has 1 heterocycles. The minimum atomic E-state index is -0.423. The summed E-state index contributed by atoms with van der Waals surface area (Å²) in [6, 6.07) is 7.06. The van der Waals surface area contributed by atoms with Crippen molar-refractivity contribution >= 4 is 23.5 Å². The fraction of sp³-hybridized carbons (Fsp3) is 0.222. The Bertz CT molecular complexity index is 858. The summed E-state index contributed by atoms with van der Waals surface area (Å²) in [6.45, 7) is 0. The number of carbonyl (C=O) groups is 2. The number of aromatic amines is 1. The molecule has 0 fully saturated rings. The van der Waals surface area contributed by atoms with Crippen LogP contribution in [0, 0.1) is 11.3 Å². The van der Waals surface area contributed by atoms with Crippen molar-refractivity contribution < 1.29 is 9.59 Å². The molecule has 0 saturated heterocycles. The largest absolute Gasteiger partial charge is 0.339 e. The highest BCUT2D eigenvalue weighted by molar-refractivity contribution is 6.03. The van der Waals surface area contributed by atoms with Crippen molar-refractivity contribution in [3.8, 4) is 6.07 Å². The zero-order chi connectivity index (χ0) is 16.9. The number of nitrogens with zero attached hydrogens (tertiary/aromatic N) is 2. The molecule has 0 saturated carbocycles. The van der Waals surface area contributed by atoms with Gasteiger partial charge in [-0.25, -0.2) is 4.98 Å². The maximum absolute atomic E-state index is 12.3. The Kier molecular flexibility index (Phi) is 4.52. The first-order valence-corrected chi connectivity index (χ1v) is 7.77. The molecule has 0 unspecified atom stereocenters. The van der Waals surface area contributed by atoms with Crippen molar-refractivity contribution in [3.05, 3.63) is 53.1 Å². The lowest BCUT2D eigenvalue weighted by atomic mass is 9.91. The van der Waals surface area contributed by atoms with Crippen molar-refractivity contribution in [1.82, 2.24) is 9.97 Å². The maximum Gasteiger partial charge on any atom is 0.291 e. The summed E-state index contributed by atoms with van der Waals surface area (Å²) < 4.78 is 0. The molecule has 6 heteroatoms. The quantitative estimate of drug-likeness (QED) is 0.844. The van der Waals surface area contributed by atoms with Crippen LogP contribution in [0.25, 0.3) is 5.57 Å². The van der Waals surface area contributed by atoms with Gasteiger partial charge in [0.05, 0.1) is 0 Å². The zero-order valence-electron chi connectivity index (χ0n) is 13.0. The Balaban J connectivity index is 1.92. The van der Waals surface area contributed by atoms with Crippen LogP contribution in [0.5, 0.6) is 0 Å². The van der Waals surface area contributed by atoms with E-state index in [1.807, 2.05) is 6.07 Å². The van der Waals surface area contributed by atoms with Gasteiger partial charge in [-0.1, -0.05) is 6.08 Å². The van der Waals surface area contributed by atoms with E-state index in [9.17, 15) is 9.59 Å². The number of benzene rings is 1. The van der Waals surface area contributed by atoms with Crippen LogP contribution in [0.2, 0.25) is 0 Å². The second-order valence-corrected chi connectivity index (χ2v) is 5.60. The molecule has 1 aliphatic rings. The number of H-pyrrole nitrogens is 1. The summed E-state index contributed by atoms with van der Waals surface area (Å²) in [5.41, 5.74) is 3.36. The van der Waals surface area contributed by atoms with E-state index in [0.29, 0.717) is 11.3 Å². The summed E-state index contributed by atoms with van der Waals surface area (Å²) in [5, 5.41) is 11.6. The molecule has 6 nitrogen and oxygen atoms in total. The van der Waals surface area contributed by atoms with Gasteiger partial charge in [0, 0.05) is 23.0 Å². The number of carbonyl (C=O) groups excluding carboxylic acids is 2. The SMILES string of the molecule is N#Cc1c[nH]c(C(=O)Nc2ccc(C=O)cc2C2=CCCCC2)n1. The fourth-order valence-corrected chi connectivity index (χ4v) is 2.77. The molecule has 2 N–H and O–H groups in total. The van der Waals surface area contributed by atoms with E-state index in [-0.39, 0.29) is 11.5 Å². The maximum atomic E-state index is 12.3. The molecule has 0 spiro atoms. The number of aldehydes is 1. The molecule has 0 radical (unpaired) electrons. The van der Waals surface area contributed by atoms with Gasteiger partial charge in [0.1, 0.15) is 12.4 Å². The lowest BCUT2D eigenvalue weighted by molar-refractivity contribution is 0.101. The van der Waals surface area contributed by atoms with Crippen LogP contribution < -0.4 is 5.32 Å². The average Bonchev–Trinajstić information content (AvgIpc) is 3.12. The molecule has 1 aromatic heterocycles. The lowest BCUT2D eigenvalue weighted by Crippen LogP contribution is -2.15. The molecule has 0 bridgehead atoms. The normalized spacial score (nSPS) is 13.7. The van der Waals surface area contributed by atoms with Gasteiger partial charge in [-0.2, -0.15) is 5.26 Å². The number of nitrogens with one attached hydrogen (secondary N) is 2. The van der Waals surface area contributed by atoms with E-state index in [1.165, 1.54) is 6.20 Å². The highest BCUT2D eigenvalue weighted by Gasteiger charge is 2.16. The average molecular weight is 320 g/mol. The van der Waals surface area contributed by atoms with Crippen LogP contribution in [0.3, 0.4) is 0 Å². The predicted octanol–water partition coefficient (Wildman–Crippen LogP) is 3.30. The molecule has 24 heavy (non-hydrogen) atoms. The molecule has 1 amide bonds. The molecule has 0 aliphatic heterocycles. The molecule has 1 aromatic carbocycles. The standard InChI is InChI=1S/C18H16N4O2/c19-9-14-10-20-17(21-14)18(24)22-16-7-6-12(11-23)8-15(16)13-4-2-1-3-5-13/h4,6-8,10-11H,1-3,5H2,(H,20,21)(H,22,24). The third-order valence-electron chi connectivity index (χ3n) is 3.97. The number of hydrogen-bond donors (Lipinski definition) is 2. The first-order chi connectivity index (χ1) is 11.7. The third-order valence-corrected chi connectivity index (χ3v) is 3.97. The molecule has 120 valence electrons. The van der Waals surface area contributed by atoms with Crippen LogP contribution in [0.4, 0.5) is 5.69 Å². The van der Waals surface area contributed by atoms with Crippen molar-refractivity contribution in [1.29, 1.82) is 5.26 Å². The predicted molar refractivity (Wildman–Crippen MR) is 89.5 cm³/mol. The summed E-state index contributed by atoms with van der Waals surface area (Å²) in [5.74, 6) is -0.345. The van der Waals surface area contributed by atoms with Crippen molar-refractivity contribution in [2.75, 3.05) is 5.32 Å². The monoisotopic (exact) mass is 320 g/mol. The Morgan fingerprint density at radius 2 is 2.25 bits per heavy atom. The number of amides is 1. The zero-order valence-corrected chi connectivity index (χ0v) is 13.0. The van der Waals surface area contributed by atoms with Crippen molar-refractivity contribution in [2.45, 2.75) is 25.7 Å². The minimum Gasteiger partial charge on any atom is -0.339 e. The Morgan fingerprint density at radius 1 is 1.38 bits per heavy atom. The fourth-order valence-electron chi connectivity index (χ4n) is 2.77. The Morgan fingerprint density at radius 3 is 2.92 bits per heavy atom. The van der Waals surface area contributed by atoms with E-state index in [4.69, 9.17) is 5.26 Å². The highest BCUT2D eigenvalue weighted by Crippen LogP contribution is 2.32. The molecular weight excluding hydrogens is 304 g/mol. The number of nitriles is 1. The van der Waals surface area contributed by atoms with Gasteiger partial charge in [-0.05, 0) is 49.5 Å². The summed E-state index contributed by atoms with van der Waals surface area (Å²) in [7, 11) is 0. The van der Waals surface area contributed by atoms with E-state index < -0.39 is 5.91 Å². The van der Waals surface area contributed by atoms with Gasteiger partial charge in [0.2, 0.25) is 0 Å². The van der Waals surface area contributed by atoms with Crippen molar-refractivity contribution in [2.24, 2.45) is 0 Å². The van der Waals surface area contributed by atoms with Crippen LogP contribution >= 0.6 is 0 Å². The molecule has 0 atom stereocenters. The number of allylic oxidation sites excluding steroid dienone is 2. The molecule has 2 aromatic rings. The smallest absolute Gasteiger partial charge is 0.291 e. The molecule has 3 rings (SSSR count). The highest BCUT2D eigenvalue weighted by atomic mass is 16.2. The lowest BCUT2D eigenvalue weighted by Gasteiger charge is -2.17. The van der Waals surface area contributed by atoms with Gasteiger partial charge < -0.3 is 10.3 Å². The van der Waals surface area contributed by atoms with Crippen LogP contribution in [-0.4, -0.2) is 22.2 Å². The third kappa shape index (κ3) is 3.25. The Hall–Kier alpha value is -3.20. The molecular formula is C18H16N4O2. The minimum absolute atomic E-state index is 0.0783. The van der Waals surface area contributed by atoms with Gasteiger partial charge in [0.25, 0.3) is 5.91 Å². The van der Waals surface area contributed by atoms with Crippen LogP contribution in [0.15, 0.2) is 30.5 Å². The number of anilines is 1. The molecule has 1 aliphatic carbocycles. The van der Waals surface area contributed by atoms with Gasteiger partial charge in [-0.15, -0.1) is 0 Å². The van der Waals surface area contributed by atoms with Gasteiger partial charge in [0.15, 0.2) is 11.5 Å². The van der Waals surface area contributed by atoms with Crippen LogP contribution in [-0.2, 0) is 0 Å². The summed E-state index contributed by atoms with van der Waals surface area (Å²) in [4.78, 5) is 30.0. The summed E-state index contributed by atoms with van der Waals surface area (Å²) >= 11 is 0. The first kappa shape index (κ1) is 15.7. The second-order valence-electron chi connectivity index (χ2n) is 5.60. The van der Waals surface area contributed by atoms with E-state index in [2.05, 4.69) is 21.4 Å². The topological polar surface area (TPSA) is 98.6 Å². The van der Waals surface area contributed by atoms with Gasteiger partial charge >= 0.3 is 0 Å². The van der Waals surface area contributed by atoms with E-state index >= 15 is 0 Å². The second kappa shape index (κ2) is 6.92. The number of imidazole rings is 1. The van der Waals surface area contributed by atoms with Crippen molar-refractivity contribution in [3.63, 3.8) is 0 Å². The summed E-state index contributed by atoms with van der Waals surface area (Å²) in [6.07, 6.45) is 8.50. The number of aromatic nitrogens is 2. The van der Waals surface area contributed by atoms with E-state index in [1.54, 1.807) is 18.2 Å². The number of rotatable bonds is 4. The van der Waals surface area contributed by atoms with Gasteiger partial charge in [-0.3, -0.25) is 9.59 Å². The Labute approximate surface area is 139 Å². The van der Waals surface area contributed by atoms with Crippen LogP contribution in [0.1, 0.15) is 57.9 Å². The number of hydrogen-bond acceptors (Lipinski definition) is 4. The first-order valence-electron chi connectivity index (χ1n) is 7.77.